The van der Waals surface area contributed by atoms with Crippen molar-refractivity contribution in [3.05, 3.63) is 52.1 Å². The summed E-state index contributed by atoms with van der Waals surface area (Å²) < 4.78 is 1.85. The van der Waals surface area contributed by atoms with E-state index in [1.54, 1.807) is 7.05 Å². The van der Waals surface area contributed by atoms with Gasteiger partial charge in [-0.15, -0.1) is 0 Å². The van der Waals surface area contributed by atoms with Crippen LogP contribution in [0.2, 0.25) is 0 Å². The van der Waals surface area contributed by atoms with E-state index >= 15 is 0 Å². The molecule has 128 valence electrons. The summed E-state index contributed by atoms with van der Waals surface area (Å²) in [5, 5.41) is 0.673. The van der Waals surface area contributed by atoms with Gasteiger partial charge in [-0.05, 0) is 49.5 Å². The molecule has 0 saturated heterocycles. The Morgan fingerprint density at radius 3 is 3.04 bits per heavy atom. The number of aromatic nitrogens is 2. The van der Waals surface area contributed by atoms with Crippen LogP contribution in [0.5, 0.6) is 0 Å². The van der Waals surface area contributed by atoms with E-state index in [9.17, 15) is 4.79 Å². The molecule has 0 radical (unpaired) electrons. The molecule has 2 aromatic rings. The zero-order valence-corrected chi connectivity index (χ0v) is 14.9. The number of allylic oxidation sites excluding steroid dienone is 2. The molecule has 1 aliphatic rings. The van der Waals surface area contributed by atoms with Crippen LogP contribution in [-0.2, 0) is 13.0 Å². The zero-order chi connectivity index (χ0) is 17.6. The predicted octanol–water partition coefficient (Wildman–Crippen LogP) is 3.51. The van der Waals surface area contributed by atoms with Gasteiger partial charge in [-0.2, -0.15) is 0 Å². The van der Waals surface area contributed by atoms with Crippen LogP contribution in [-0.4, -0.2) is 22.3 Å². The van der Waals surface area contributed by atoms with Crippen molar-refractivity contribution in [1.82, 2.24) is 9.55 Å². The molecule has 0 spiro atoms. The third-order valence-electron chi connectivity index (χ3n) is 4.40. The first kappa shape index (κ1) is 17.2. The first-order valence-electron chi connectivity index (χ1n) is 8.91. The normalized spacial score (nSPS) is 14.9. The van der Waals surface area contributed by atoms with Gasteiger partial charge < -0.3 is 0 Å². The Morgan fingerprint density at radius 2 is 2.24 bits per heavy atom. The van der Waals surface area contributed by atoms with E-state index in [-0.39, 0.29) is 5.56 Å². The summed E-state index contributed by atoms with van der Waals surface area (Å²) in [4.78, 5) is 21.6. The smallest absolute Gasteiger partial charge is 0.261 e. The maximum atomic E-state index is 12.7. The van der Waals surface area contributed by atoms with E-state index in [0.717, 1.165) is 61.3 Å². The SMILES string of the molecule is CC/C=C\C(C#Cc1ccc2c(=O)n3c(nc2c1)CCCCC3)=NC. The number of aryl methyl sites for hydroxylation is 1. The van der Waals surface area contributed by atoms with E-state index < -0.39 is 0 Å². The van der Waals surface area contributed by atoms with Gasteiger partial charge in [0.25, 0.3) is 5.56 Å². The fraction of sp³-hybridized carbons (Fsp3) is 0.381. The van der Waals surface area contributed by atoms with Gasteiger partial charge in [0, 0.05) is 25.6 Å². The fourth-order valence-corrected chi connectivity index (χ4v) is 3.03. The van der Waals surface area contributed by atoms with Crippen LogP contribution in [0.15, 0.2) is 40.1 Å². The van der Waals surface area contributed by atoms with Crippen LogP contribution in [0.1, 0.15) is 44.0 Å². The van der Waals surface area contributed by atoms with Crippen molar-refractivity contribution in [2.45, 2.75) is 45.6 Å². The van der Waals surface area contributed by atoms with Crippen LogP contribution in [0.4, 0.5) is 0 Å². The molecular weight excluding hydrogens is 310 g/mol. The first-order chi connectivity index (χ1) is 12.2. The molecule has 2 heterocycles. The van der Waals surface area contributed by atoms with Gasteiger partial charge >= 0.3 is 0 Å². The van der Waals surface area contributed by atoms with Crippen molar-refractivity contribution < 1.29 is 0 Å². The molecule has 1 aliphatic heterocycles. The Labute approximate surface area is 148 Å². The third kappa shape index (κ3) is 3.88. The summed E-state index contributed by atoms with van der Waals surface area (Å²) >= 11 is 0. The lowest BCUT2D eigenvalue weighted by molar-refractivity contribution is 0.614. The van der Waals surface area contributed by atoms with Crippen LogP contribution in [0.3, 0.4) is 0 Å². The molecule has 0 N–H and O–H groups in total. The quantitative estimate of drug-likeness (QED) is 0.624. The molecule has 0 bridgehead atoms. The fourth-order valence-electron chi connectivity index (χ4n) is 3.03. The summed E-state index contributed by atoms with van der Waals surface area (Å²) in [5.74, 6) is 7.11. The highest BCUT2D eigenvalue weighted by Crippen LogP contribution is 2.16. The van der Waals surface area contributed by atoms with Gasteiger partial charge in [-0.3, -0.25) is 14.4 Å². The number of aliphatic imine (C=N–C) groups is 1. The highest BCUT2D eigenvalue weighted by Gasteiger charge is 2.13. The average molecular weight is 333 g/mol. The van der Waals surface area contributed by atoms with Crippen molar-refractivity contribution >= 4 is 16.6 Å². The zero-order valence-electron chi connectivity index (χ0n) is 14.9. The first-order valence-corrected chi connectivity index (χ1v) is 8.91. The number of benzene rings is 1. The van der Waals surface area contributed by atoms with E-state index in [4.69, 9.17) is 4.98 Å². The molecule has 1 aromatic carbocycles. The highest BCUT2D eigenvalue weighted by molar-refractivity contribution is 6.09. The van der Waals surface area contributed by atoms with Gasteiger partial charge in [-0.25, -0.2) is 4.98 Å². The highest BCUT2D eigenvalue weighted by atomic mass is 16.1. The molecular formula is C21H23N3O. The van der Waals surface area contributed by atoms with Crippen LogP contribution in [0, 0.1) is 11.8 Å². The molecule has 0 unspecified atom stereocenters. The lowest BCUT2D eigenvalue weighted by Gasteiger charge is -2.10. The van der Waals surface area contributed by atoms with Crippen molar-refractivity contribution in [2.24, 2.45) is 4.99 Å². The second-order valence-corrected chi connectivity index (χ2v) is 6.20. The monoisotopic (exact) mass is 333 g/mol. The standard InChI is InChI=1S/C21H23N3O/c1-3-4-8-17(22-2)12-10-16-11-13-18-19(15-16)23-20-9-6-5-7-14-24(20)21(18)25/h4,8,11,13,15H,3,5-7,9,14H2,1-2H3/b8-4-,22-17?. The van der Waals surface area contributed by atoms with Gasteiger partial charge in [0.15, 0.2) is 0 Å². The van der Waals surface area contributed by atoms with E-state index in [1.165, 1.54) is 0 Å². The molecule has 0 saturated carbocycles. The largest absolute Gasteiger partial charge is 0.296 e. The van der Waals surface area contributed by atoms with Crippen molar-refractivity contribution in [3.63, 3.8) is 0 Å². The van der Waals surface area contributed by atoms with Crippen LogP contribution < -0.4 is 5.56 Å². The summed E-state index contributed by atoms with van der Waals surface area (Å²) in [6.45, 7) is 2.85. The number of nitrogens with zero attached hydrogens (tertiary/aromatic N) is 3. The molecule has 0 atom stereocenters. The Kier molecular flexibility index (Phi) is 5.45. The minimum Gasteiger partial charge on any atom is -0.296 e. The minimum absolute atomic E-state index is 0.0723. The molecule has 3 rings (SSSR count). The van der Waals surface area contributed by atoms with Crippen LogP contribution >= 0.6 is 0 Å². The van der Waals surface area contributed by atoms with E-state index in [0.29, 0.717) is 5.39 Å². The molecule has 0 fully saturated rings. The summed E-state index contributed by atoms with van der Waals surface area (Å²) in [6.07, 6.45) is 9.09. The van der Waals surface area contributed by atoms with Crippen molar-refractivity contribution in [2.75, 3.05) is 7.05 Å². The van der Waals surface area contributed by atoms with Crippen molar-refractivity contribution in [3.8, 4) is 11.8 Å². The number of hydrogen-bond acceptors (Lipinski definition) is 3. The van der Waals surface area contributed by atoms with E-state index in [2.05, 4.69) is 23.8 Å². The van der Waals surface area contributed by atoms with Gasteiger partial charge in [0.05, 0.1) is 10.9 Å². The lowest BCUT2D eigenvalue weighted by Crippen LogP contribution is -2.24. The Bertz CT molecular complexity index is 955. The van der Waals surface area contributed by atoms with Gasteiger partial charge in [0.1, 0.15) is 11.5 Å². The second kappa shape index (κ2) is 7.94. The summed E-state index contributed by atoms with van der Waals surface area (Å²) in [6, 6.07) is 5.64. The Morgan fingerprint density at radius 1 is 1.36 bits per heavy atom. The number of rotatable bonds is 2. The summed E-state index contributed by atoms with van der Waals surface area (Å²) in [5.41, 5.74) is 2.41. The molecule has 0 aliphatic carbocycles. The maximum absolute atomic E-state index is 12.7. The number of fused-ring (bicyclic) bond motifs is 2. The minimum atomic E-state index is 0.0723. The second-order valence-electron chi connectivity index (χ2n) is 6.20. The molecule has 4 heteroatoms. The molecule has 0 amide bonds. The molecule has 1 aromatic heterocycles. The van der Waals surface area contributed by atoms with E-state index in [1.807, 2.05) is 34.9 Å². The maximum Gasteiger partial charge on any atom is 0.261 e. The predicted molar refractivity (Wildman–Crippen MR) is 103 cm³/mol. The van der Waals surface area contributed by atoms with Gasteiger partial charge in [-0.1, -0.05) is 25.3 Å². The lowest BCUT2D eigenvalue weighted by atomic mass is 10.1. The van der Waals surface area contributed by atoms with Crippen LogP contribution in [0.25, 0.3) is 10.9 Å². The molecule has 4 nitrogen and oxygen atoms in total. The molecule has 25 heavy (non-hydrogen) atoms. The average Bonchev–Trinajstić information content (AvgIpc) is 2.87. The summed E-state index contributed by atoms with van der Waals surface area (Å²) in [7, 11) is 1.74. The third-order valence-corrected chi connectivity index (χ3v) is 4.40. The Balaban J connectivity index is 2.01. The van der Waals surface area contributed by atoms with Crippen molar-refractivity contribution in [1.29, 1.82) is 0 Å². The van der Waals surface area contributed by atoms with Gasteiger partial charge in [0.2, 0.25) is 0 Å². The number of hydrogen-bond donors (Lipinski definition) is 0. The Hall–Kier alpha value is -2.67. The topological polar surface area (TPSA) is 47.2 Å².